The second-order valence-electron chi connectivity index (χ2n) is 8.18. The maximum Gasteiger partial charge on any atom is 0.264 e. The predicted octanol–water partition coefficient (Wildman–Crippen LogP) is 3.06. The molecular weight excluding hydrogens is 494 g/mol. The van der Waals surface area contributed by atoms with Crippen LogP contribution in [0.3, 0.4) is 0 Å². The molecule has 1 atom stereocenters. The van der Waals surface area contributed by atoms with Crippen LogP contribution in [0.25, 0.3) is 0 Å². The van der Waals surface area contributed by atoms with Gasteiger partial charge in [-0.15, -0.1) is 0 Å². The number of hydrogen-bond acceptors (Lipinski definition) is 6. The summed E-state index contributed by atoms with van der Waals surface area (Å²) in [7, 11) is 0.403. The van der Waals surface area contributed by atoms with Gasteiger partial charge < -0.3 is 19.7 Å². The number of carbonyl (C=O) groups is 2. The number of likely N-dealkylation sites (N-methyl/N-ethyl adjacent to an activating group) is 1. The summed E-state index contributed by atoms with van der Waals surface area (Å²) in [5.41, 5.74) is 1.08. The monoisotopic (exact) mass is 525 g/mol. The molecule has 1 N–H and O–H groups in total. The number of rotatable bonds is 11. The van der Waals surface area contributed by atoms with Crippen molar-refractivity contribution >= 4 is 27.5 Å². The van der Waals surface area contributed by atoms with Gasteiger partial charge in [0.25, 0.3) is 10.0 Å². The molecule has 9 nitrogen and oxygen atoms in total. The first-order chi connectivity index (χ1) is 17.7. The van der Waals surface area contributed by atoms with E-state index in [1.807, 2.05) is 0 Å². The summed E-state index contributed by atoms with van der Waals surface area (Å²) >= 11 is 0. The van der Waals surface area contributed by atoms with Crippen molar-refractivity contribution in [3.05, 3.63) is 84.4 Å². The lowest BCUT2D eigenvalue weighted by Crippen LogP contribution is -2.50. The summed E-state index contributed by atoms with van der Waals surface area (Å²) in [6.07, 6.45) is 0. The smallest absolute Gasteiger partial charge is 0.264 e. The highest BCUT2D eigenvalue weighted by atomic mass is 32.2. The molecule has 0 fully saturated rings. The Kier molecular flexibility index (Phi) is 9.13. The van der Waals surface area contributed by atoms with E-state index in [1.54, 1.807) is 80.8 Å². The van der Waals surface area contributed by atoms with Gasteiger partial charge in [0.2, 0.25) is 11.8 Å². The lowest BCUT2D eigenvalue weighted by molar-refractivity contribution is -0.139. The maximum atomic E-state index is 13.7. The van der Waals surface area contributed by atoms with Crippen LogP contribution in [0, 0.1) is 0 Å². The number of ether oxygens (including phenoxy) is 2. The number of sulfonamides is 1. The van der Waals surface area contributed by atoms with Gasteiger partial charge in [-0.3, -0.25) is 13.9 Å². The van der Waals surface area contributed by atoms with E-state index in [2.05, 4.69) is 5.32 Å². The summed E-state index contributed by atoms with van der Waals surface area (Å²) in [4.78, 5) is 27.6. The van der Waals surface area contributed by atoms with Crippen LogP contribution in [0.15, 0.2) is 83.8 Å². The van der Waals surface area contributed by atoms with E-state index < -0.39 is 28.5 Å². The fraction of sp³-hybridized carbons (Fsp3) is 0.259. The molecule has 2 amide bonds. The molecule has 0 aliphatic heterocycles. The van der Waals surface area contributed by atoms with Crippen molar-refractivity contribution in [3.63, 3.8) is 0 Å². The Morgan fingerprint density at radius 2 is 1.41 bits per heavy atom. The number of nitrogens with zero attached hydrogens (tertiary/aromatic N) is 2. The summed E-state index contributed by atoms with van der Waals surface area (Å²) in [6, 6.07) is 20.6. The summed E-state index contributed by atoms with van der Waals surface area (Å²) in [5, 5.41) is 2.56. The molecule has 10 heteroatoms. The van der Waals surface area contributed by atoms with Crippen LogP contribution >= 0.6 is 0 Å². The van der Waals surface area contributed by atoms with E-state index in [9.17, 15) is 18.0 Å². The molecule has 3 aromatic rings. The van der Waals surface area contributed by atoms with Crippen LogP contribution in [0.5, 0.6) is 11.5 Å². The minimum Gasteiger partial charge on any atom is -0.497 e. The first-order valence-corrected chi connectivity index (χ1v) is 13.0. The third kappa shape index (κ3) is 6.59. The van der Waals surface area contributed by atoms with Gasteiger partial charge in [0.15, 0.2) is 0 Å². The Hall–Kier alpha value is -4.05. The van der Waals surface area contributed by atoms with Crippen molar-refractivity contribution in [2.24, 2.45) is 0 Å². The first kappa shape index (κ1) is 27.5. The van der Waals surface area contributed by atoms with Crippen molar-refractivity contribution in [1.29, 1.82) is 0 Å². The van der Waals surface area contributed by atoms with E-state index in [0.717, 1.165) is 9.87 Å². The number of amides is 2. The standard InChI is InChI=1S/C27H31N3O6S/c1-20(27(32)28-2)29(18-21-10-12-23(35-3)13-11-21)26(31)19-30(22-8-6-5-7-9-22)37(33,34)25-16-14-24(36-4)15-17-25/h5-17,20H,18-19H2,1-4H3,(H,28,32)/t20-/m0/s1. The fourth-order valence-corrected chi connectivity index (χ4v) is 5.13. The molecule has 196 valence electrons. The number of nitrogens with one attached hydrogen (secondary N) is 1. The zero-order valence-corrected chi connectivity index (χ0v) is 22.1. The number of carbonyl (C=O) groups excluding carboxylic acids is 2. The SMILES string of the molecule is CNC(=O)[C@H](C)N(Cc1ccc(OC)cc1)C(=O)CN(c1ccccc1)S(=O)(=O)c1ccc(OC)cc1. The molecule has 0 bridgehead atoms. The molecule has 0 saturated carbocycles. The Morgan fingerprint density at radius 3 is 1.92 bits per heavy atom. The molecule has 0 radical (unpaired) electrons. The van der Waals surface area contributed by atoms with Crippen LogP contribution in [-0.2, 0) is 26.2 Å². The van der Waals surface area contributed by atoms with E-state index in [1.165, 1.54) is 31.2 Å². The Balaban J connectivity index is 1.98. The number of para-hydroxylation sites is 1. The second kappa shape index (κ2) is 12.3. The summed E-state index contributed by atoms with van der Waals surface area (Å²) in [5.74, 6) is 0.257. The Morgan fingerprint density at radius 1 is 0.865 bits per heavy atom. The molecule has 0 aromatic heterocycles. The zero-order valence-electron chi connectivity index (χ0n) is 21.2. The van der Waals surface area contributed by atoms with Gasteiger partial charge in [0.1, 0.15) is 24.1 Å². The number of hydrogen-bond donors (Lipinski definition) is 1. The third-order valence-electron chi connectivity index (χ3n) is 5.90. The molecule has 0 unspecified atom stereocenters. The highest BCUT2D eigenvalue weighted by molar-refractivity contribution is 7.92. The maximum absolute atomic E-state index is 13.7. The Bertz CT molecular complexity index is 1300. The van der Waals surface area contributed by atoms with E-state index >= 15 is 0 Å². The van der Waals surface area contributed by atoms with Gasteiger partial charge in [-0.25, -0.2) is 8.42 Å². The molecule has 3 aromatic carbocycles. The van der Waals surface area contributed by atoms with E-state index in [-0.39, 0.29) is 17.3 Å². The van der Waals surface area contributed by atoms with E-state index in [0.29, 0.717) is 17.2 Å². The Labute approximate surface area is 217 Å². The third-order valence-corrected chi connectivity index (χ3v) is 7.68. The van der Waals surface area contributed by atoms with Crippen LogP contribution in [0.1, 0.15) is 12.5 Å². The van der Waals surface area contributed by atoms with Crippen molar-refractivity contribution < 1.29 is 27.5 Å². The van der Waals surface area contributed by atoms with Crippen LogP contribution in [0.4, 0.5) is 5.69 Å². The molecule has 0 heterocycles. The first-order valence-electron chi connectivity index (χ1n) is 11.6. The molecule has 0 spiro atoms. The number of benzene rings is 3. The van der Waals surface area contributed by atoms with Gasteiger partial charge >= 0.3 is 0 Å². The number of anilines is 1. The van der Waals surface area contributed by atoms with Crippen molar-refractivity contribution in [3.8, 4) is 11.5 Å². The topological polar surface area (TPSA) is 105 Å². The van der Waals surface area contributed by atoms with Gasteiger partial charge in [-0.1, -0.05) is 30.3 Å². The van der Waals surface area contributed by atoms with Gasteiger partial charge in [0.05, 0.1) is 24.8 Å². The molecule has 0 aliphatic carbocycles. The van der Waals surface area contributed by atoms with Gasteiger partial charge in [-0.2, -0.15) is 0 Å². The summed E-state index contributed by atoms with van der Waals surface area (Å²) < 4.78 is 38.8. The average Bonchev–Trinajstić information content (AvgIpc) is 2.94. The van der Waals surface area contributed by atoms with Gasteiger partial charge in [-0.05, 0) is 61.0 Å². The molecule has 0 saturated heterocycles. The van der Waals surface area contributed by atoms with Crippen LogP contribution in [0.2, 0.25) is 0 Å². The second-order valence-corrected chi connectivity index (χ2v) is 10.0. The van der Waals surface area contributed by atoms with Gasteiger partial charge in [0, 0.05) is 13.6 Å². The molecule has 3 rings (SSSR count). The lowest BCUT2D eigenvalue weighted by Gasteiger charge is -2.31. The summed E-state index contributed by atoms with van der Waals surface area (Å²) in [6.45, 7) is 1.20. The molecule has 0 aliphatic rings. The minimum atomic E-state index is -4.13. The highest BCUT2D eigenvalue weighted by Gasteiger charge is 2.32. The lowest BCUT2D eigenvalue weighted by atomic mass is 10.1. The fourth-order valence-electron chi connectivity index (χ4n) is 3.72. The van der Waals surface area contributed by atoms with Crippen LogP contribution in [-0.4, -0.2) is 59.0 Å². The van der Waals surface area contributed by atoms with E-state index in [4.69, 9.17) is 9.47 Å². The van der Waals surface area contributed by atoms with Crippen molar-refractivity contribution in [1.82, 2.24) is 10.2 Å². The predicted molar refractivity (Wildman–Crippen MR) is 141 cm³/mol. The minimum absolute atomic E-state index is 0.00556. The molecule has 37 heavy (non-hydrogen) atoms. The zero-order chi connectivity index (χ0) is 27.0. The molecular formula is C27H31N3O6S. The quantitative estimate of drug-likeness (QED) is 0.413. The normalized spacial score (nSPS) is 11.8. The average molecular weight is 526 g/mol. The van der Waals surface area contributed by atoms with Crippen LogP contribution < -0.4 is 19.1 Å². The van der Waals surface area contributed by atoms with Crippen molar-refractivity contribution in [2.45, 2.75) is 24.4 Å². The number of methoxy groups -OCH3 is 2. The highest BCUT2D eigenvalue weighted by Crippen LogP contribution is 2.26. The largest absolute Gasteiger partial charge is 0.497 e. The van der Waals surface area contributed by atoms with Crippen molar-refractivity contribution in [2.75, 3.05) is 32.1 Å².